The lowest BCUT2D eigenvalue weighted by Crippen LogP contribution is -2.15. The van der Waals surface area contributed by atoms with Gasteiger partial charge < -0.3 is 19.1 Å². The van der Waals surface area contributed by atoms with Crippen molar-refractivity contribution in [3.8, 4) is 22.3 Å². The van der Waals surface area contributed by atoms with E-state index >= 15 is 0 Å². The van der Waals surface area contributed by atoms with Crippen LogP contribution in [0.4, 0.5) is 0 Å². The molecule has 2 aromatic heterocycles. The van der Waals surface area contributed by atoms with E-state index in [1.807, 2.05) is 66.7 Å². The molecular weight excluding hydrogens is 615 g/mol. The summed E-state index contributed by atoms with van der Waals surface area (Å²) in [5, 5.41) is 9.36. The zero-order valence-electron chi connectivity index (χ0n) is 26.8. The average Bonchev–Trinajstić information content (AvgIpc) is 3.77. The molecule has 0 spiro atoms. The summed E-state index contributed by atoms with van der Waals surface area (Å²) in [6.07, 6.45) is -0.393. The van der Waals surface area contributed by atoms with Gasteiger partial charge in [-0.2, -0.15) is 0 Å². The monoisotopic (exact) mass is 642 g/mol. The summed E-state index contributed by atoms with van der Waals surface area (Å²) in [6.45, 7) is 0. The van der Waals surface area contributed by atoms with E-state index in [0.29, 0.717) is 11.7 Å². The number of hydrogen-bond donors (Lipinski definition) is 0. The highest BCUT2D eigenvalue weighted by Gasteiger charge is 2.19. The number of fused-ring (bicyclic) bond motifs is 6. The van der Waals surface area contributed by atoms with Crippen LogP contribution >= 0.6 is 0 Å². The van der Waals surface area contributed by atoms with E-state index in [2.05, 4.69) is 97.1 Å². The maximum atomic E-state index is 6.87. The molecule has 0 saturated carbocycles. The predicted octanol–water partition coefficient (Wildman–Crippen LogP) is 12.1. The first-order chi connectivity index (χ1) is 24.8. The molecule has 0 aliphatic carbocycles. The van der Waals surface area contributed by atoms with Crippen LogP contribution in [0.2, 0.25) is 0 Å². The van der Waals surface area contributed by atoms with E-state index in [1.165, 1.54) is 0 Å². The second-order valence-corrected chi connectivity index (χ2v) is 12.5. The Hall–Kier alpha value is -6.72. The van der Waals surface area contributed by atoms with E-state index in [9.17, 15) is 0 Å². The van der Waals surface area contributed by atoms with E-state index in [1.54, 1.807) is 0 Å². The Labute approximate surface area is 287 Å². The van der Waals surface area contributed by atoms with Crippen molar-refractivity contribution in [2.75, 3.05) is 0 Å². The van der Waals surface area contributed by atoms with Crippen LogP contribution < -0.4 is 0 Å². The van der Waals surface area contributed by atoms with Crippen molar-refractivity contribution in [2.45, 2.75) is 6.17 Å². The summed E-state index contributed by atoms with van der Waals surface area (Å²) in [5.74, 6) is 1.31. The van der Waals surface area contributed by atoms with Crippen molar-refractivity contribution in [1.29, 1.82) is 0 Å². The van der Waals surface area contributed by atoms with Crippen LogP contribution in [-0.2, 0) is 0 Å². The molecule has 0 saturated heterocycles. The van der Waals surface area contributed by atoms with Crippen molar-refractivity contribution in [2.24, 2.45) is 9.98 Å². The molecule has 7 aromatic carbocycles. The zero-order chi connectivity index (χ0) is 33.0. The Bertz CT molecular complexity index is 2790. The molecule has 0 bridgehead atoms. The normalized spacial score (nSPS) is 14.6. The van der Waals surface area contributed by atoms with Crippen LogP contribution in [0, 0.1) is 0 Å². The van der Waals surface area contributed by atoms with Gasteiger partial charge >= 0.3 is 0 Å². The summed E-state index contributed by atoms with van der Waals surface area (Å²) in [7, 11) is 0. The molecule has 0 fully saturated rings. The number of para-hydroxylation sites is 4. The van der Waals surface area contributed by atoms with Gasteiger partial charge in [0, 0.05) is 38.2 Å². The largest absolute Gasteiger partial charge is 0.455 e. The number of furan rings is 2. The SMILES string of the molecule is c1ccc(C2=NC(c3ccccc3)[N-]C(c3cccc(-c4cccc5c4oc4c(-c6cccc7c6oc6ccccc67)cccc45)c3)=N2)cc1. The maximum Gasteiger partial charge on any atom is 0.143 e. The Morgan fingerprint density at radius 2 is 0.980 bits per heavy atom. The Kier molecular flexibility index (Phi) is 6.49. The maximum absolute atomic E-state index is 6.87. The smallest absolute Gasteiger partial charge is 0.143 e. The van der Waals surface area contributed by atoms with E-state index < -0.39 is 6.17 Å². The fourth-order valence-electron chi connectivity index (χ4n) is 7.10. The van der Waals surface area contributed by atoms with Gasteiger partial charge in [0.05, 0.1) is 12.0 Å². The van der Waals surface area contributed by atoms with Crippen molar-refractivity contribution < 1.29 is 8.83 Å². The molecule has 9 aromatic rings. The van der Waals surface area contributed by atoms with Gasteiger partial charge in [0.1, 0.15) is 22.3 Å². The van der Waals surface area contributed by atoms with Gasteiger partial charge in [0.25, 0.3) is 0 Å². The van der Waals surface area contributed by atoms with Gasteiger partial charge in [-0.3, -0.25) is 4.99 Å². The number of amidine groups is 2. The third-order valence-corrected chi connectivity index (χ3v) is 9.48. The third kappa shape index (κ3) is 4.63. The molecule has 0 radical (unpaired) electrons. The van der Waals surface area contributed by atoms with Crippen molar-refractivity contribution in [3.05, 3.63) is 186 Å². The summed E-state index contributed by atoms with van der Waals surface area (Å²) in [4.78, 5) is 9.93. The molecule has 5 nitrogen and oxygen atoms in total. The van der Waals surface area contributed by atoms with E-state index in [-0.39, 0.29) is 0 Å². The summed E-state index contributed by atoms with van der Waals surface area (Å²) in [6, 6.07) is 55.8. The molecule has 50 heavy (non-hydrogen) atoms. The second kappa shape index (κ2) is 11.5. The van der Waals surface area contributed by atoms with Gasteiger partial charge in [0.15, 0.2) is 0 Å². The third-order valence-electron chi connectivity index (χ3n) is 9.48. The summed E-state index contributed by atoms with van der Waals surface area (Å²) >= 11 is 0. The van der Waals surface area contributed by atoms with E-state index in [0.717, 1.165) is 82.8 Å². The molecule has 1 atom stereocenters. The lowest BCUT2D eigenvalue weighted by atomic mass is 9.98. The highest BCUT2D eigenvalue weighted by Crippen LogP contribution is 2.43. The van der Waals surface area contributed by atoms with Crippen molar-refractivity contribution in [3.63, 3.8) is 0 Å². The molecule has 1 aliphatic rings. The molecule has 236 valence electrons. The van der Waals surface area contributed by atoms with Crippen molar-refractivity contribution >= 4 is 55.5 Å². The molecule has 1 unspecified atom stereocenters. The van der Waals surface area contributed by atoms with Crippen LogP contribution in [-0.4, -0.2) is 11.7 Å². The van der Waals surface area contributed by atoms with Gasteiger partial charge in [0.2, 0.25) is 0 Å². The highest BCUT2D eigenvalue weighted by atomic mass is 16.3. The standard InChI is InChI=1S/C45H28N3O2/c1-3-13-28(14-4-1)43-46-44(29-15-5-2-6-16-29)48-45(47-43)31-18-9-17-30(27-31)32-20-10-22-35-37-24-12-25-38(42(37)50-40(32)35)36-23-11-21-34-33-19-7-8-26-39(33)49-41(34)36/h1-27,43H/q-1. The second-order valence-electron chi connectivity index (χ2n) is 12.5. The van der Waals surface area contributed by atoms with Crippen LogP contribution in [0.25, 0.3) is 71.4 Å². The van der Waals surface area contributed by atoms with Gasteiger partial charge in [-0.15, -0.1) is 0 Å². The number of nitrogens with zero attached hydrogens (tertiary/aromatic N) is 3. The Morgan fingerprint density at radius 3 is 1.74 bits per heavy atom. The highest BCUT2D eigenvalue weighted by molar-refractivity contribution is 6.20. The molecule has 0 N–H and O–H groups in total. The van der Waals surface area contributed by atoms with Crippen LogP contribution in [0.15, 0.2) is 183 Å². The van der Waals surface area contributed by atoms with Crippen LogP contribution in [0.1, 0.15) is 22.9 Å². The lowest BCUT2D eigenvalue weighted by molar-refractivity contribution is 0.665. The number of benzene rings is 7. The van der Waals surface area contributed by atoms with Crippen LogP contribution in [0.5, 0.6) is 0 Å². The Morgan fingerprint density at radius 1 is 0.440 bits per heavy atom. The molecule has 0 amide bonds. The summed E-state index contributed by atoms with van der Waals surface area (Å²) < 4.78 is 13.3. The van der Waals surface area contributed by atoms with Crippen molar-refractivity contribution in [1.82, 2.24) is 0 Å². The predicted molar refractivity (Wildman–Crippen MR) is 204 cm³/mol. The first-order valence-corrected chi connectivity index (χ1v) is 16.7. The molecule has 10 rings (SSSR count). The average molecular weight is 643 g/mol. The topological polar surface area (TPSA) is 65.1 Å². The van der Waals surface area contributed by atoms with Gasteiger partial charge in [-0.05, 0) is 34.4 Å². The first-order valence-electron chi connectivity index (χ1n) is 16.7. The summed E-state index contributed by atoms with van der Waals surface area (Å²) in [5.41, 5.74) is 10.3. The Balaban J connectivity index is 1.10. The van der Waals surface area contributed by atoms with Gasteiger partial charge in [-0.25, -0.2) is 0 Å². The fourth-order valence-corrected chi connectivity index (χ4v) is 7.10. The molecule has 5 heteroatoms. The quantitative estimate of drug-likeness (QED) is 0.187. The van der Waals surface area contributed by atoms with Crippen LogP contribution in [0.3, 0.4) is 0 Å². The number of aliphatic imine (C=N–C) groups is 2. The van der Waals surface area contributed by atoms with E-state index in [4.69, 9.17) is 24.1 Å². The lowest BCUT2D eigenvalue weighted by Gasteiger charge is -2.32. The molecule has 1 aliphatic heterocycles. The minimum absolute atomic E-state index is 0.393. The number of hydrogen-bond acceptors (Lipinski definition) is 4. The minimum Gasteiger partial charge on any atom is -0.455 e. The molecular formula is C45H28N3O2-. The first kappa shape index (κ1) is 28.3. The zero-order valence-corrected chi connectivity index (χ0v) is 26.8. The number of rotatable bonds is 5. The fraction of sp³-hybridized carbons (Fsp3) is 0.0222. The molecule has 3 heterocycles. The minimum atomic E-state index is -0.393. The van der Waals surface area contributed by atoms with Gasteiger partial charge in [-0.1, -0.05) is 157 Å².